The molecule has 2 unspecified atom stereocenters. The molecule has 0 spiro atoms. The molecule has 1 amide bonds. The standard InChI is InChI=1S/C15H22N6O6S/c1-5(23)7(16)13(26)18-11-8-12(20-15(19-11)28-2)21(4-17-8)14-10(25)9(24)6(3-22)27-14/h4-7,9-10,14,22-25H,3,16H2,1-2H3,(H,18,19,20,26)/t5?,6-,7?,9-,10-,14-/m1/s1. The molecule has 0 radical (unpaired) electrons. The number of nitrogens with zero attached hydrogens (tertiary/aromatic N) is 4. The van der Waals surface area contributed by atoms with E-state index >= 15 is 0 Å². The number of aliphatic hydroxyl groups excluding tert-OH is 4. The fourth-order valence-corrected chi connectivity index (χ4v) is 3.15. The Balaban J connectivity index is 2.01. The number of thioether (sulfide) groups is 1. The van der Waals surface area contributed by atoms with Crippen molar-refractivity contribution in [2.75, 3.05) is 18.2 Å². The lowest BCUT2D eigenvalue weighted by Gasteiger charge is -2.17. The summed E-state index contributed by atoms with van der Waals surface area (Å²) in [4.78, 5) is 25.0. The Labute approximate surface area is 163 Å². The van der Waals surface area contributed by atoms with Crippen LogP contribution in [-0.4, -0.2) is 89.2 Å². The number of aliphatic hydroxyl groups is 4. The van der Waals surface area contributed by atoms with E-state index in [-0.39, 0.29) is 17.0 Å². The van der Waals surface area contributed by atoms with Gasteiger partial charge in [-0.15, -0.1) is 0 Å². The van der Waals surface area contributed by atoms with Crippen LogP contribution in [0.1, 0.15) is 13.2 Å². The van der Waals surface area contributed by atoms with Crippen molar-refractivity contribution < 1.29 is 30.0 Å². The van der Waals surface area contributed by atoms with Crippen molar-refractivity contribution in [1.82, 2.24) is 19.5 Å². The van der Waals surface area contributed by atoms with Crippen LogP contribution in [0.25, 0.3) is 11.2 Å². The molecule has 13 heteroatoms. The van der Waals surface area contributed by atoms with Gasteiger partial charge in [0.15, 0.2) is 28.4 Å². The van der Waals surface area contributed by atoms with E-state index in [4.69, 9.17) is 10.5 Å². The van der Waals surface area contributed by atoms with Gasteiger partial charge in [0.2, 0.25) is 5.91 Å². The molecule has 3 rings (SSSR count). The van der Waals surface area contributed by atoms with Gasteiger partial charge >= 0.3 is 0 Å². The number of amides is 1. The van der Waals surface area contributed by atoms with E-state index in [1.807, 2.05) is 0 Å². The highest BCUT2D eigenvalue weighted by Gasteiger charge is 2.44. The van der Waals surface area contributed by atoms with Gasteiger partial charge in [0.05, 0.1) is 19.0 Å². The van der Waals surface area contributed by atoms with E-state index in [2.05, 4.69) is 20.3 Å². The van der Waals surface area contributed by atoms with Crippen LogP contribution in [0.5, 0.6) is 0 Å². The Bertz CT molecular complexity index is 863. The molecule has 7 N–H and O–H groups in total. The molecule has 0 saturated carbocycles. The Morgan fingerprint density at radius 2 is 2.14 bits per heavy atom. The summed E-state index contributed by atoms with van der Waals surface area (Å²) in [7, 11) is 0. The molecule has 2 aromatic rings. The molecule has 0 bridgehead atoms. The number of rotatable bonds is 6. The maximum absolute atomic E-state index is 12.2. The van der Waals surface area contributed by atoms with Gasteiger partial charge < -0.3 is 36.2 Å². The molecular weight excluding hydrogens is 392 g/mol. The zero-order chi connectivity index (χ0) is 20.6. The zero-order valence-electron chi connectivity index (χ0n) is 15.1. The highest BCUT2D eigenvalue weighted by molar-refractivity contribution is 7.98. The number of fused-ring (bicyclic) bond motifs is 1. The fourth-order valence-electron chi connectivity index (χ4n) is 2.79. The third-order valence-corrected chi connectivity index (χ3v) is 4.99. The third-order valence-electron chi connectivity index (χ3n) is 4.44. The SMILES string of the molecule is CSc1nc(NC(=O)C(N)C(C)O)c2ncn([C@@H]3O[C@H](CO)[C@@H](O)[C@H]3O)c2n1. The summed E-state index contributed by atoms with van der Waals surface area (Å²) >= 11 is 1.21. The second-order valence-corrected chi connectivity index (χ2v) is 7.14. The van der Waals surface area contributed by atoms with Crippen molar-refractivity contribution in [3.8, 4) is 0 Å². The lowest BCUT2D eigenvalue weighted by molar-refractivity contribution is -0.119. The highest BCUT2D eigenvalue weighted by Crippen LogP contribution is 2.33. The topological polar surface area (TPSA) is 189 Å². The van der Waals surface area contributed by atoms with Crippen molar-refractivity contribution in [2.45, 2.75) is 48.8 Å². The molecule has 1 fully saturated rings. The molecule has 3 heterocycles. The van der Waals surface area contributed by atoms with Gasteiger partial charge in [-0.2, -0.15) is 0 Å². The van der Waals surface area contributed by atoms with Crippen LogP contribution < -0.4 is 11.1 Å². The normalized spacial score (nSPS) is 27.1. The number of aromatic nitrogens is 4. The van der Waals surface area contributed by atoms with Crippen LogP contribution in [0, 0.1) is 0 Å². The Morgan fingerprint density at radius 3 is 2.71 bits per heavy atom. The van der Waals surface area contributed by atoms with Gasteiger partial charge in [0, 0.05) is 0 Å². The average Bonchev–Trinajstić information content (AvgIpc) is 3.22. The summed E-state index contributed by atoms with van der Waals surface area (Å²) in [5, 5.41) is 41.9. The number of nitrogens with one attached hydrogen (secondary N) is 1. The molecule has 6 atom stereocenters. The monoisotopic (exact) mass is 414 g/mol. The Kier molecular flexibility index (Phi) is 6.14. The van der Waals surface area contributed by atoms with Crippen LogP contribution >= 0.6 is 11.8 Å². The summed E-state index contributed by atoms with van der Waals surface area (Å²) < 4.78 is 6.91. The van der Waals surface area contributed by atoms with Crippen LogP contribution in [0.15, 0.2) is 11.5 Å². The molecule has 1 saturated heterocycles. The second-order valence-electron chi connectivity index (χ2n) is 6.37. The van der Waals surface area contributed by atoms with Crippen LogP contribution in [-0.2, 0) is 9.53 Å². The first-order valence-electron chi connectivity index (χ1n) is 8.44. The van der Waals surface area contributed by atoms with Gasteiger partial charge in [-0.25, -0.2) is 15.0 Å². The van der Waals surface area contributed by atoms with E-state index in [9.17, 15) is 25.2 Å². The molecule has 154 valence electrons. The van der Waals surface area contributed by atoms with Gasteiger partial charge in [-0.3, -0.25) is 9.36 Å². The lowest BCUT2D eigenvalue weighted by Crippen LogP contribution is -2.43. The zero-order valence-corrected chi connectivity index (χ0v) is 15.9. The summed E-state index contributed by atoms with van der Waals surface area (Å²) in [5.74, 6) is -0.564. The number of hydrogen-bond donors (Lipinski definition) is 6. The lowest BCUT2D eigenvalue weighted by atomic mass is 10.1. The molecule has 1 aliphatic heterocycles. The van der Waals surface area contributed by atoms with E-state index < -0.39 is 49.2 Å². The number of ether oxygens (including phenoxy) is 1. The fraction of sp³-hybridized carbons (Fsp3) is 0.600. The quantitative estimate of drug-likeness (QED) is 0.222. The predicted molar refractivity (Wildman–Crippen MR) is 98.4 cm³/mol. The first-order chi connectivity index (χ1) is 13.3. The first-order valence-corrected chi connectivity index (χ1v) is 9.66. The van der Waals surface area contributed by atoms with Crippen LogP contribution in [0.2, 0.25) is 0 Å². The maximum Gasteiger partial charge on any atom is 0.245 e. The smallest absolute Gasteiger partial charge is 0.245 e. The van der Waals surface area contributed by atoms with Crippen molar-refractivity contribution >= 4 is 34.7 Å². The summed E-state index contributed by atoms with van der Waals surface area (Å²) in [6.07, 6.45) is -2.59. The molecule has 0 aliphatic carbocycles. The third kappa shape index (κ3) is 3.69. The molecule has 12 nitrogen and oxygen atoms in total. The minimum Gasteiger partial charge on any atom is -0.394 e. The van der Waals surface area contributed by atoms with Crippen molar-refractivity contribution in [3.63, 3.8) is 0 Å². The summed E-state index contributed by atoms with van der Waals surface area (Å²) in [5.41, 5.74) is 6.11. The Morgan fingerprint density at radius 1 is 1.43 bits per heavy atom. The molecule has 1 aliphatic rings. The van der Waals surface area contributed by atoms with Gasteiger partial charge in [0.25, 0.3) is 0 Å². The van der Waals surface area contributed by atoms with Crippen molar-refractivity contribution in [2.24, 2.45) is 5.73 Å². The molecule has 2 aromatic heterocycles. The van der Waals surface area contributed by atoms with Gasteiger partial charge in [-0.05, 0) is 13.2 Å². The van der Waals surface area contributed by atoms with Gasteiger partial charge in [0.1, 0.15) is 24.4 Å². The van der Waals surface area contributed by atoms with Crippen LogP contribution in [0.4, 0.5) is 5.82 Å². The molecule has 28 heavy (non-hydrogen) atoms. The minimum atomic E-state index is -1.32. The van der Waals surface area contributed by atoms with E-state index in [1.165, 1.54) is 29.6 Å². The number of nitrogens with two attached hydrogens (primary N) is 1. The summed E-state index contributed by atoms with van der Waals surface area (Å²) in [6.45, 7) is 0.925. The van der Waals surface area contributed by atoms with E-state index in [0.717, 1.165) is 0 Å². The first kappa shape index (κ1) is 20.9. The van der Waals surface area contributed by atoms with Gasteiger partial charge in [-0.1, -0.05) is 11.8 Å². The highest BCUT2D eigenvalue weighted by atomic mass is 32.2. The summed E-state index contributed by atoms with van der Waals surface area (Å²) in [6, 6.07) is -1.16. The number of hydrogen-bond acceptors (Lipinski definition) is 11. The largest absolute Gasteiger partial charge is 0.394 e. The maximum atomic E-state index is 12.2. The minimum absolute atomic E-state index is 0.0842. The number of imidazole rings is 1. The molecular formula is C15H22N6O6S. The molecule has 0 aromatic carbocycles. The van der Waals surface area contributed by atoms with Crippen LogP contribution in [0.3, 0.4) is 0 Å². The van der Waals surface area contributed by atoms with E-state index in [0.29, 0.717) is 5.16 Å². The van der Waals surface area contributed by atoms with Crippen molar-refractivity contribution in [3.05, 3.63) is 6.33 Å². The number of carbonyl (C=O) groups excluding carboxylic acids is 1. The average molecular weight is 414 g/mol. The van der Waals surface area contributed by atoms with Crippen molar-refractivity contribution in [1.29, 1.82) is 0 Å². The number of carbonyl (C=O) groups is 1. The Hall–Kier alpha value is -1.87. The van der Waals surface area contributed by atoms with E-state index in [1.54, 1.807) is 6.26 Å². The second kappa shape index (κ2) is 8.24. The predicted octanol–water partition coefficient (Wildman–Crippen LogP) is -2.19. The number of anilines is 1.